The molecule has 0 aliphatic carbocycles. The van der Waals surface area contributed by atoms with E-state index in [1.807, 2.05) is 18.5 Å². The lowest BCUT2D eigenvalue weighted by Crippen LogP contribution is -2.14. The van der Waals surface area contributed by atoms with Gasteiger partial charge in [0.05, 0.1) is 21.4 Å². The number of rotatable bonds is 3. The van der Waals surface area contributed by atoms with Gasteiger partial charge in [0.2, 0.25) is 0 Å². The number of pyridine rings is 1. The average molecular weight is 470 g/mol. The maximum absolute atomic E-state index is 4.93. The van der Waals surface area contributed by atoms with E-state index < -0.39 is 0 Å². The molecule has 5 aromatic heterocycles. The van der Waals surface area contributed by atoms with E-state index in [-0.39, 0.29) is 6.04 Å². The predicted octanol–water partition coefficient (Wildman–Crippen LogP) is 5.08. The summed E-state index contributed by atoms with van der Waals surface area (Å²) in [7, 11) is 0. The zero-order valence-corrected chi connectivity index (χ0v) is 19.3. The molecule has 0 aliphatic heterocycles. The van der Waals surface area contributed by atoms with Crippen LogP contribution < -0.4 is 0 Å². The van der Waals surface area contributed by atoms with Crippen molar-refractivity contribution in [3.05, 3.63) is 45.3 Å². The molecule has 5 heterocycles. The smallest absolute Gasteiger partial charge is 0.176 e. The topological polar surface area (TPSA) is 73.8 Å². The van der Waals surface area contributed by atoms with E-state index in [1.165, 1.54) is 5.56 Å². The van der Waals surface area contributed by atoms with E-state index in [0.29, 0.717) is 0 Å². The normalized spacial score (nSPS) is 13.2. The molecule has 0 bridgehead atoms. The van der Waals surface area contributed by atoms with Gasteiger partial charge in [-0.3, -0.25) is 4.68 Å². The summed E-state index contributed by atoms with van der Waals surface area (Å²) < 4.78 is 5.84. The molecule has 5 aromatic rings. The molecule has 7 nitrogen and oxygen atoms in total. The van der Waals surface area contributed by atoms with Gasteiger partial charge in [-0.05, 0) is 61.7 Å². The van der Waals surface area contributed by atoms with E-state index in [1.54, 1.807) is 22.2 Å². The molecule has 0 radical (unpaired) electrons. The summed E-state index contributed by atoms with van der Waals surface area (Å²) in [5.41, 5.74) is 6.02. The van der Waals surface area contributed by atoms with Crippen LogP contribution in [0.3, 0.4) is 0 Å². The largest absolute Gasteiger partial charge is 0.258 e. The van der Waals surface area contributed by atoms with Gasteiger partial charge < -0.3 is 0 Å². The Bertz CT molecular complexity index is 1410. The first-order valence-electron chi connectivity index (χ1n) is 9.52. The van der Waals surface area contributed by atoms with E-state index in [2.05, 4.69) is 42.8 Å². The molecule has 0 saturated carbocycles. The third kappa shape index (κ3) is 2.71. The first kappa shape index (κ1) is 18.6. The molecule has 1 unspecified atom stereocenters. The molecule has 0 amide bonds. The van der Waals surface area contributed by atoms with Gasteiger partial charge in [0.25, 0.3) is 0 Å². The number of fused-ring (bicyclic) bond motifs is 5. The summed E-state index contributed by atoms with van der Waals surface area (Å²) in [6, 6.07) is 2.06. The van der Waals surface area contributed by atoms with Crippen LogP contribution in [-0.4, -0.2) is 34.3 Å². The fourth-order valence-corrected chi connectivity index (χ4v) is 5.42. The molecule has 0 N–H and O–H groups in total. The maximum atomic E-state index is 4.93. The molecule has 0 spiro atoms. The standard InChI is InChI=1S/C20H20BrN7S/c1-6-13(28-12(5)15(21)11(4)25-28)18-24-19-17-16(22-8-27(19)26-18)14-9(2)7-10(3)23-20(14)29-17/h7-8,13H,6H2,1-5H3. The first-order chi connectivity index (χ1) is 13.9. The van der Waals surface area contributed by atoms with Crippen molar-refractivity contribution in [3.8, 4) is 0 Å². The Morgan fingerprint density at radius 3 is 2.62 bits per heavy atom. The Hall–Kier alpha value is -2.39. The Morgan fingerprint density at radius 1 is 1.14 bits per heavy atom. The second-order valence-electron chi connectivity index (χ2n) is 7.38. The summed E-state index contributed by atoms with van der Waals surface area (Å²) in [4.78, 5) is 15.3. The zero-order chi connectivity index (χ0) is 20.4. The second-order valence-corrected chi connectivity index (χ2v) is 9.17. The molecule has 0 aliphatic rings. The Morgan fingerprint density at radius 2 is 1.93 bits per heavy atom. The lowest BCUT2D eigenvalue weighted by Gasteiger charge is -2.13. The summed E-state index contributed by atoms with van der Waals surface area (Å²) in [5, 5.41) is 10.6. The monoisotopic (exact) mass is 469 g/mol. The minimum atomic E-state index is -0.0357. The van der Waals surface area contributed by atoms with Crippen LogP contribution in [0.5, 0.6) is 0 Å². The van der Waals surface area contributed by atoms with Crippen LogP contribution in [0.2, 0.25) is 0 Å². The molecule has 0 fully saturated rings. The van der Waals surface area contributed by atoms with Crippen molar-refractivity contribution < 1.29 is 0 Å². The highest BCUT2D eigenvalue weighted by molar-refractivity contribution is 9.10. The minimum Gasteiger partial charge on any atom is -0.258 e. The number of hydrogen-bond acceptors (Lipinski definition) is 6. The van der Waals surface area contributed by atoms with Gasteiger partial charge in [0, 0.05) is 11.1 Å². The molecule has 1 atom stereocenters. The van der Waals surface area contributed by atoms with Gasteiger partial charge in [-0.2, -0.15) is 5.10 Å². The van der Waals surface area contributed by atoms with Crippen molar-refractivity contribution in [1.29, 1.82) is 0 Å². The highest BCUT2D eigenvalue weighted by Crippen LogP contribution is 2.36. The first-order valence-corrected chi connectivity index (χ1v) is 11.1. The number of halogens is 1. The number of aryl methyl sites for hydroxylation is 3. The van der Waals surface area contributed by atoms with Crippen molar-refractivity contribution in [2.75, 3.05) is 0 Å². The second kappa shape index (κ2) is 6.56. The fourth-order valence-electron chi connectivity index (χ4n) is 3.94. The lowest BCUT2D eigenvalue weighted by molar-refractivity contribution is 0.472. The molecule has 9 heteroatoms. The molecular formula is C20H20BrN7S. The molecule has 0 saturated heterocycles. The quantitative estimate of drug-likeness (QED) is 0.368. The van der Waals surface area contributed by atoms with Crippen LogP contribution in [0.25, 0.3) is 26.1 Å². The van der Waals surface area contributed by atoms with Gasteiger partial charge in [-0.1, -0.05) is 6.92 Å². The van der Waals surface area contributed by atoms with E-state index in [4.69, 9.17) is 25.1 Å². The zero-order valence-electron chi connectivity index (χ0n) is 16.9. The molecule has 0 aromatic carbocycles. The van der Waals surface area contributed by atoms with Crippen LogP contribution in [0, 0.1) is 27.7 Å². The van der Waals surface area contributed by atoms with Crippen molar-refractivity contribution in [2.45, 2.75) is 47.1 Å². The summed E-state index contributed by atoms with van der Waals surface area (Å²) >= 11 is 5.26. The summed E-state index contributed by atoms with van der Waals surface area (Å²) in [6.45, 7) is 10.3. The highest BCUT2D eigenvalue weighted by Gasteiger charge is 2.24. The lowest BCUT2D eigenvalue weighted by atomic mass is 10.1. The Labute approximate surface area is 179 Å². The number of thiophene rings is 1. The fraction of sp³-hybridized carbons (Fsp3) is 0.350. The highest BCUT2D eigenvalue weighted by atomic mass is 79.9. The van der Waals surface area contributed by atoms with Crippen LogP contribution in [0.4, 0.5) is 0 Å². The maximum Gasteiger partial charge on any atom is 0.176 e. The summed E-state index contributed by atoms with van der Waals surface area (Å²) in [6.07, 6.45) is 2.59. The van der Waals surface area contributed by atoms with Gasteiger partial charge in [0.1, 0.15) is 21.9 Å². The molecular weight excluding hydrogens is 450 g/mol. The van der Waals surface area contributed by atoms with Crippen molar-refractivity contribution in [2.24, 2.45) is 0 Å². The third-order valence-corrected chi connectivity index (χ3v) is 7.54. The van der Waals surface area contributed by atoms with Crippen molar-refractivity contribution >= 4 is 53.3 Å². The van der Waals surface area contributed by atoms with Crippen LogP contribution in [0.15, 0.2) is 16.9 Å². The average Bonchev–Trinajstić information content (AvgIpc) is 3.33. The van der Waals surface area contributed by atoms with Crippen LogP contribution in [-0.2, 0) is 0 Å². The predicted molar refractivity (Wildman–Crippen MR) is 119 cm³/mol. The van der Waals surface area contributed by atoms with Crippen molar-refractivity contribution in [1.82, 2.24) is 34.3 Å². The molecule has 5 rings (SSSR count). The third-order valence-electron chi connectivity index (χ3n) is 5.33. The minimum absolute atomic E-state index is 0.0357. The molecule has 29 heavy (non-hydrogen) atoms. The van der Waals surface area contributed by atoms with Crippen LogP contribution in [0.1, 0.15) is 47.9 Å². The van der Waals surface area contributed by atoms with Gasteiger partial charge in [-0.15, -0.1) is 16.4 Å². The number of aromatic nitrogens is 7. The number of hydrogen-bond donors (Lipinski definition) is 0. The van der Waals surface area contributed by atoms with E-state index >= 15 is 0 Å². The van der Waals surface area contributed by atoms with E-state index in [9.17, 15) is 0 Å². The summed E-state index contributed by atoms with van der Waals surface area (Å²) in [5.74, 6) is 0.748. The van der Waals surface area contributed by atoms with Gasteiger partial charge >= 0.3 is 0 Å². The molecule has 148 valence electrons. The van der Waals surface area contributed by atoms with Crippen molar-refractivity contribution in [3.63, 3.8) is 0 Å². The van der Waals surface area contributed by atoms with E-state index in [0.717, 1.165) is 59.9 Å². The van der Waals surface area contributed by atoms with Gasteiger partial charge in [-0.25, -0.2) is 19.5 Å². The van der Waals surface area contributed by atoms with Gasteiger partial charge in [0.15, 0.2) is 11.5 Å². The number of nitrogens with zero attached hydrogens (tertiary/aromatic N) is 7. The van der Waals surface area contributed by atoms with Crippen LogP contribution >= 0.6 is 27.3 Å². The Kier molecular flexibility index (Phi) is 4.22. The SMILES string of the molecule is CCC(c1nc2c3sc4nc(C)cc(C)c4c3ncn2n1)n1nc(C)c(Br)c1C. The Balaban J connectivity index is 1.75.